The Kier molecular flexibility index (Phi) is 3.44. The fraction of sp³-hybridized carbons (Fsp3) is 0.350. The quantitative estimate of drug-likeness (QED) is 0.506. The summed E-state index contributed by atoms with van der Waals surface area (Å²) in [6.45, 7) is 4.73. The van der Waals surface area contributed by atoms with Gasteiger partial charge in [0.2, 0.25) is 0 Å². The smallest absolute Gasteiger partial charge is 0.150 e. The van der Waals surface area contributed by atoms with Gasteiger partial charge in [-0.1, -0.05) is 6.07 Å². The van der Waals surface area contributed by atoms with Crippen molar-refractivity contribution in [3.05, 3.63) is 36.3 Å². The van der Waals surface area contributed by atoms with Crippen molar-refractivity contribution >= 4 is 27.8 Å². The Morgan fingerprint density at radius 3 is 2.79 bits per heavy atom. The first kappa shape index (κ1) is 16.0. The lowest BCUT2D eigenvalue weighted by atomic mass is 10.0. The average Bonchev–Trinajstić information content (AvgIpc) is 3.45. The number of H-pyrrole nitrogens is 2. The van der Waals surface area contributed by atoms with Gasteiger partial charge in [0.25, 0.3) is 0 Å². The monoisotopic (exact) mass is 375 g/mol. The van der Waals surface area contributed by atoms with Crippen molar-refractivity contribution in [2.45, 2.75) is 6.54 Å². The number of pyridine rings is 1. The molecule has 2 unspecified atom stereocenters. The summed E-state index contributed by atoms with van der Waals surface area (Å²) in [4.78, 5) is 15.4. The van der Waals surface area contributed by atoms with Crippen molar-refractivity contribution in [2.75, 3.05) is 32.0 Å². The molecule has 2 saturated heterocycles. The Morgan fingerprint density at radius 2 is 2.00 bits per heavy atom. The SMILES string of the molecule is Nc1nc2cc(-c3ccn[nH]3)ccc2c2nc(CN3CC4COCC4C3)[nH]c12. The van der Waals surface area contributed by atoms with Crippen molar-refractivity contribution in [1.29, 1.82) is 0 Å². The number of aromatic nitrogens is 5. The fourth-order valence-electron chi connectivity index (χ4n) is 4.60. The zero-order valence-electron chi connectivity index (χ0n) is 15.4. The molecule has 0 aliphatic carbocycles. The lowest BCUT2D eigenvalue weighted by Gasteiger charge is -2.14. The number of fused-ring (bicyclic) bond motifs is 4. The lowest BCUT2D eigenvalue weighted by molar-refractivity contribution is 0.152. The molecule has 6 rings (SSSR count). The molecule has 2 atom stereocenters. The number of rotatable bonds is 3. The van der Waals surface area contributed by atoms with Crippen LogP contribution in [-0.2, 0) is 11.3 Å². The van der Waals surface area contributed by atoms with E-state index in [9.17, 15) is 0 Å². The lowest BCUT2D eigenvalue weighted by Crippen LogP contribution is -2.23. The maximum atomic E-state index is 6.25. The normalized spacial score (nSPS) is 22.4. The molecule has 8 nitrogen and oxygen atoms in total. The number of nitrogen functional groups attached to an aromatic ring is 1. The van der Waals surface area contributed by atoms with Crippen LogP contribution < -0.4 is 5.73 Å². The van der Waals surface area contributed by atoms with Gasteiger partial charge in [0.05, 0.1) is 31.0 Å². The van der Waals surface area contributed by atoms with E-state index >= 15 is 0 Å². The van der Waals surface area contributed by atoms with Crippen LogP contribution in [0.25, 0.3) is 33.2 Å². The summed E-state index contributed by atoms with van der Waals surface area (Å²) < 4.78 is 5.58. The highest BCUT2D eigenvalue weighted by molar-refractivity contribution is 6.07. The van der Waals surface area contributed by atoms with Crippen LogP contribution in [0.3, 0.4) is 0 Å². The first-order chi connectivity index (χ1) is 13.7. The van der Waals surface area contributed by atoms with E-state index < -0.39 is 0 Å². The number of benzene rings is 1. The average molecular weight is 375 g/mol. The van der Waals surface area contributed by atoms with E-state index in [4.69, 9.17) is 15.5 Å². The van der Waals surface area contributed by atoms with Gasteiger partial charge < -0.3 is 15.5 Å². The molecule has 0 amide bonds. The molecule has 0 bridgehead atoms. The highest BCUT2D eigenvalue weighted by Gasteiger charge is 2.37. The van der Waals surface area contributed by atoms with Gasteiger partial charge in [-0.05, 0) is 18.2 Å². The molecule has 2 aliphatic rings. The number of anilines is 1. The fourth-order valence-corrected chi connectivity index (χ4v) is 4.60. The molecule has 0 saturated carbocycles. The number of aromatic amines is 2. The number of imidazole rings is 1. The van der Waals surface area contributed by atoms with E-state index in [1.807, 2.05) is 12.1 Å². The zero-order chi connectivity index (χ0) is 18.7. The van der Waals surface area contributed by atoms with Crippen molar-refractivity contribution in [3.8, 4) is 11.3 Å². The molecular weight excluding hydrogens is 354 g/mol. The molecule has 0 spiro atoms. The minimum Gasteiger partial charge on any atom is -0.382 e. The van der Waals surface area contributed by atoms with E-state index in [0.29, 0.717) is 17.7 Å². The topological polar surface area (TPSA) is 109 Å². The Morgan fingerprint density at radius 1 is 1.14 bits per heavy atom. The third-order valence-electron chi connectivity index (χ3n) is 6.00. The predicted molar refractivity (Wildman–Crippen MR) is 106 cm³/mol. The summed E-state index contributed by atoms with van der Waals surface area (Å²) in [6.07, 6.45) is 1.74. The van der Waals surface area contributed by atoms with Gasteiger partial charge >= 0.3 is 0 Å². The van der Waals surface area contributed by atoms with E-state index in [0.717, 1.165) is 71.9 Å². The van der Waals surface area contributed by atoms with Gasteiger partial charge in [-0.3, -0.25) is 10.00 Å². The molecule has 8 heteroatoms. The summed E-state index contributed by atoms with van der Waals surface area (Å²) >= 11 is 0. The van der Waals surface area contributed by atoms with Crippen LogP contribution in [0.2, 0.25) is 0 Å². The maximum absolute atomic E-state index is 6.25. The highest BCUT2D eigenvalue weighted by atomic mass is 16.5. The van der Waals surface area contributed by atoms with Crippen LogP contribution in [0.4, 0.5) is 5.82 Å². The van der Waals surface area contributed by atoms with E-state index in [1.54, 1.807) is 6.20 Å². The Labute approximate surface area is 161 Å². The van der Waals surface area contributed by atoms with Gasteiger partial charge in [0, 0.05) is 42.1 Å². The first-order valence-corrected chi connectivity index (χ1v) is 9.62. The maximum Gasteiger partial charge on any atom is 0.150 e. The van der Waals surface area contributed by atoms with Crippen molar-refractivity contribution < 1.29 is 4.74 Å². The van der Waals surface area contributed by atoms with Gasteiger partial charge in [-0.2, -0.15) is 5.10 Å². The molecule has 142 valence electrons. The Bertz CT molecular complexity index is 1150. The second-order valence-corrected chi connectivity index (χ2v) is 7.86. The van der Waals surface area contributed by atoms with Crippen LogP contribution in [0.15, 0.2) is 30.5 Å². The molecule has 28 heavy (non-hydrogen) atoms. The summed E-state index contributed by atoms with van der Waals surface area (Å²) in [5, 5.41) is 8.01. The summed E-state index contributed by atoms with van der Waals surface area (Å²) in [5.74, 6) is 2.75. The molecule has 4 N–H and O–H groups in total. The van der Waals surface area contributed by atoms with E-state index in [1.165, 1.54) is 0 Å². The molecule has 0 radical (unpaired) electrons. The van der Waals surface area contributed by atoms with Crippen LogP contribution in [0, 0.1) is 11.8 Å². The first-order valence-electron chi connectivity index (χ1n) is 9.62. The minimum absolute atomic E-state index is 0.481. The van der Waals surface area contributed by atoms with Crippen LogP contribution in [0.1, 0.15) is 5.82 Å². The molecule has 2 aliphatic heterocycles. The van der Waals surface area contributed by atoms with Crippen LogP contribution in [-0.4, -0.2) is 56.4 Å². The zero-order valence-corrected chi connectivity index (χ0v) is 15.4. The van der Waals surface area contributed by atoms with Gasteiger partial charge in [-0.25, -0.2) is 9.97 Å². The Hall–Kier alpha value is -2.97. The molecule has 2 fully saturated rings. The largest absolute Gasteiger partial charge is 0.382 e. The standard InChI is InChI=1S/C20H21N7O/c21-20-19-18(14-2-1-11(5-16(14)23-20)15-3-4-22-26-15)24-17(25-19)8-27-6-12-9-28-10-13(12)7-27/h1-5,12-13H,6-10H2,(H2,21,23)(H,22,26)(H,24,25). The summed E-state index contributed by atoms with van der Waals surface area (Å²) in [5.41, 5.74) is 10.8. The third-order valence-corrected chi connectivity index (χ3v) is 6.00. The number of hydrogen-bond acceptors (Lipinski definition) is 6. The van der Waals surface area contributed by atoms with E-state index in [-0.39, 0.29) is 0 Å². The highest BCUT2D eigenvalue weighted by Crippen LogP contribution is 2.32. The number of nitrogens with one attached hydrogen (secondary N) is 2. The second kappa shape index (κ2) is 6.02. The molecule has 3 aromatic heterocycles. The molecular formula is C20H21N7O. The van der Waals surface area contributed by atoms with Gasteiger partial charge in [0.15, 0.2) is 0 Å². The number of ether oxygens (including phenoxy) is 1. The molecule has 1 aromatic carbocycles. The number of nitrogens with zero attached hydrogens (tertiary/aromatic N) is 4. The second-order valence-electron chi connectivity index (χ2n) is 7.86. The van der Waals surface area contributed by atoms with E-state index in [2.05, 4.69) is 37.2 Å². The van der Waals surface area contributed by atoms with Crippen molar-refractivity contribution in [1.82, 2.24) is 30.0 Å². The van der Waals surface area contributed by atoms with Crippen molar-refractivity contribution in [3.63, 3.8) is 0 Å². The van der Waals surface area contributed by atoms with Gasteiger partial charge in [0.1, 0.15) is 22.7 Å². The number of hydrogen-bond donors (Lipinski definition) is 3. The van der Waals surface area contributed by atoms with Crippen molar-refractivity contribution in [2.24, 2.45) is 11.8 Å². The van der Waals surface area contributed by atoms with Gasteiger partial charge in [-0.15, -0.1) is 0 Å². The van der Waals surface area contributed by atoms with Crippen LogP contribution in [0.5, 0.6) is 0 Å². The minimum atomic E-state index is 0.481. The summed E-state index contributed by atoms with van der Waals surface area (Å²) in [7, 11) is 0. The number of nitrogens with two attached hydrogens (primary N) is 1. The van der Waals surface area contributed by atoms with Crippen LogP contribution >= 0.6 is 0 Å². The third kappa shape index (κ3) is 2.49. The number of likely N-dealkylation sites (tertiary alicyclic amines) is 1. The molecule has 4 aromatic rings. The summed E-state index contributed by atoms with van der Waals surface area (Å²) in [6, 6.07) is 8.08. The predicted octanol–water partition coefficient (Wildman–Crippen LogP) is 2.16. The molecule has 5 heterocycles. The Balaban J connectivity index is 1.37.